The lowest BCUT2D eigenvalue weighted by Gasteiger charge is -2.44. The van der Waals surface area contributed by atoms with Gasteiger partial charge in [0.1, 0.15) is 5.41 Å². The van der Waals surface area contributed by atoms with Gasteiger partial charge in [-0.05, 0) is 61.6 Å². The van der Waals surface area contributed by atoms with Gasteiger partial charge >= 0.3 is 5.97 Å². The molecule has 40 heavy (non-hydrogen) atoms. The average Bonchev–Trinajstić information content (AvgIpc) is 3.61. The molecule has 0 saturated carbocycles. The summed E-state index contributed by atoms with van der Waals surface area (Å²) in [6.07, 6.45) is 3.33. The number of piperidine rings is 1. The molecule has 1 N–H and O–H groups in total. The maximum atomic E-state index is 13.9. The zero-order chi connectivity index (χ0) is 28.3. The number of benzene rings is 2. The third kappa shape index (κ3) is 5.17. The molecule has 2 aliphatic heterocycles. The maximum Gasteiger partial charge on any atom is 0.318 e. The molecule has 0 spiro atoms. The largest absolute Gasteiger partial charge is 0.493 e. The molecule has 10 heteroatoms. The zero-order valence-electron chi connectivity index (χ0n) is 23.0. The van der Waals surface area contributed by atoms with E-state index in [1.807, 2.05) is 30.3 Å². The highest BCUT2D eigenvalue weighted by Gasteiger charge is 2.55. The number of fused-ring (bicyclic) bond motifs is 2. The van der Waals surface area contributed by atoms with Gasteiger partial charge in [0.2, 0.25) is 18.6 Å². The Bertz CT molecular complexity index is 1340. The summed E-state index contributed by atoms with van der Waals surface area (Å²) < 4.78 is 27.1. The molecule has 0 radical (unpaired) electrons. The van der Waals surface area contributed by atoms with Crippen molar-refractivity contribution in [2.75, 3.05) is 27.6 Å². The standard InChI is InChI=1S/C30H34N2O8/c1-4-38-29(35)30-11-5-6-26(30)32(17-20-8-10-23-25(13-20)40-18-39-23)28(34)21(15-30)14-27(33)31-16-19-7-9-22(36-2)24(12-19)37-3/h6-10,12-13,21H,4-5,11,14-18H2,1-3H3,(H,31,33)/t21-,30+/m1/s1. The van der Waals surface area contributed by atoms with Crippen LogP contribution in [0.1, 0.15) is 43.7 Å². The topological polar surface area (TPSA) is 113 Å². The van der Waals surface area contributed by atoms with E-state index in [1.54, 1.807) is 38.2 Å². The van der Waals surface area contributed by atoms with Crippen LogP contribution in [-0.2, 0) is 32.2 Å². The Balaban J connectivity index is 1.35. The van der Waals surface area contributed by atoms with Crippen molar-refractivity contribution in [3.05, 3.63) is 59.3 Å². The number of carbonyl (C=O) groups excluding carboxylic acids is 3. The molecular weight excluding hydrogens is 516 g/mol. The third-order valence-electron chi connectivity index (χ3n) is 7.71. The van der Waals surface area contributed by atoms with Gasteiger partial charge in [-0.1, -0.05) is 18.2 Å². The SMILES string of the molecule is CCOC(=O)[C@]12CCC=C1N(Cc1ccc3c(c1)OCO3)C(=O)[C@H](CC(=O)NCc1ccc(OC)c(OC)c1)C2. The maximum absolute atomic E-state index is 13.9. The van der Waals surface area contributed by atoms with E-state index in [0.717, 1.165) is 11.1 Å². The fraction of sp³-hybridized carbons (Fsp3) is 0.433. The number of amides is 2. The highest BCUT2D eigenvalue weighted by molar-refractivity contribution is 5.92. The van der Waals surface area contributed by atoms with Crippen molar-refractivity contribution in [3.63, 3.8) is 0 Å². The Morgan fingerprint density at radius 2 is 1.82 bits per heavy atom. The number of methoxy groups -OCH3 is 2. The second-order valence-corrected chi connectivity index (χ2v) is 10.1. The zero-order valence-corrected chi connectivity index (χ0v) is 23.0. The van der Waals surface area contributed by atoms with Crippen molar-refractivity contribution in [3.8, 4) is 23.0 Å². The molecular formula is C30H34N2O8. The first-order chi connectivity index (χ1) is 19.4. The van der Waals surface area contributed by atoms with Gasteiger partial charge in [0.15, 0.2) is 23.0 Å². The van der Waals surface area contributed by atoms with Gasteiger partial charge < -0.3 is 33.9 Å². The number of allylic oxidation sites excluding steroid dienone is 1. The van der Waals surface area contributed by atoms with E-state index < -0.39 is 11.3 Å². The van der Waals surface area contributed by atoms with Crippen molar-refractivity contribution < 1.29 is 38.1 Å². The van der Waals surface area contributed by atoms with Gasteiger partial charge in [-0.15, -0.1) is 0 Å². The van der Waals surface area contributed by atoms with E-state index in [1.165, 1.54) is 0 Å². The van der Waals surface area contributed by atoms with Crippen molar-refractivity contribution in [2.45, 2.75) is 45.7 Å². The minimum absolute atomic E-state index is 0.0435. The smallest absolute Gasteiger partial charge is 0.318 e. The number of ether oxygens (including phenoxy) is 5. The van der Waals surface area contributed by atoms with Crippen molar-refractivity contribution in [2.24, 2.45) is 11.3 Å². The van der Waals surface area contributed by atoms with Crippen LogP contribution in [0.4, 0.5) is 0 Å². The lowest BCUT2D eigenvalue weighted by molar-refractivity contribution is -0.161. The molecule has 10 nitrogen and oxygen atoms in total. The minimum Gasteiger partial charge on any atom is -0.493 e. The fourth-order valence-corrected chi connectivity index (χ4v) is 5.79. The molecule has 2 heterocycles. The van der Waals surface area contributed by atoms with Crippen LogP contribution >= 0.6 is 0 Å². The Hall–Kier alpha value is -4.21. The van der Waals surface area contributed by atoms with Crippen LogP contribution in [0.5, 0.6) is 23.0 Å². The molecule has 212 valence electrons. The van der Waals surface area contributed by atoms with Crippen LogP contribution in [0.3, 0.4) is 0 Å². The summed E-state index contributed by atoms with van der Waals surface area (Å²) in [5.74, 6) is 0.929. The summed E-state index contributed by atoms with van der Waals surface area (Å²) in [5, 5.41) is 2.91. The van der Waals surface area contributed by atoms with Crippen LogP contribution in [0.25, 0.3) is 0 Å². The molecule has 5 rings (SSSR count). The van der Waals surface area contributed by atoms with Gasteiger partial charge in [0.05, 0.1) is 27.4 Å². The van der Waals surface area contributed by atoms with Gasteiger partial charge in [0, 0.05) is 24.6 Å². The van der Waals surface area contributed by atoms with Crippen molar-refractivity contribution >= 4 is 17.8 Å². The third-order valence-corrected chi connectivity index (χ3v) is 7.71. The molecule has 0 aromatic heterocycles. The van der Waals surface area contributed by atoms with Crippen LogP contribution in [0, 0.1) is 11.3 Å². The predicted molar refractivity (Wildman–Crippen MR) is 144 cm³/mol. The highest BCUT2D eigenvalue weighted by Crippen LogP contribution is 2.51. The van der Waals surface area contributed by atoms with E-state index in [0.29, 0.717) is 41.5 Å². The average molecular weight is 551 g/mol. The lowest BCUT2D eigenvalue weighted by atomic mass is 9.71. The van der Waals surface area contributed by atoms with Gasteiger partial charge in [-0.25, -0.2) is 0 Å². The summed E-state index contributed by atoms with van der Waals surface area (Å²) in [6.45, 7) is 2.66. The van der Waals surface area contributed by atoms with Crippen LogP contribution in [-0.4, -0.2) is 50.3 Å². The molecule has 2 atom stereocenters. The molecule has 1 fully saturated rings. The quantitative estimate of drug-likeness (QED) is 0.446. The Labute approximate surface area is 233 Å². The summed E-state index contributed by atoms with van der Waals surface area (Å²) >= 11 is 0. The van der Waals surface area contributed by atoms with Crippen molar-refractivity contribution in [1.29, 1.82) is 0 Å². The van der Waals surface area contributed by atoms with E-state index in [2.05, 4.69) is 5.32 Å². The van der Waals surface area contributed by atoms with Crippen molar-refractivity contribution in [1.82, 2.24) is 10.2 Å². The predicted octanol–water partition coefficient (Wildman–Crippen LogP) is 3.71. The van der Waals surface area contributed by atoms with E-state index in [9.17, 15) is 14.4 Å². The van der Waals surface area contributed by atoms with Gasteiger partial charge in [0.25, 0.3) is 0 Å². The van der Waals surface area contributed by atoms with E-state index >= 15 is 0 Å². The van der Waals surface area contributed by atoms with E-state index in [-0.39, 0.29) is 57.1 Å². The number of likely N-dealkylation sites (tertiary alicyclic amines) is 1. The molecule has 1 saturated heterocycles. The summed E-state index contributed by atoms with van der Waals surface area (Å²) in [7, 11) is 3.11. The van der Waals surface area contributed by atoms with E-state index in [4.69, 9.17) is 23.7 Å². The Morgan fingerprint density at radius 3 is 2.60 bits per heavy atom. The number of carbonyl (C=O) groups is 3. The molecule has 2 amide bonds. The monoisotopic (exact) mass is 550 g/mol. The normalized spacial score (nSPS) is 21.0. The Kier molecular flexibility index (Phi) is 7.86. The molecule has 1 aliphatic carbocycles. The molecule has 3 aliphatic rings. The molecule has 0 unspecified atom stereocenters. The first kappa shape index (κ1) is 27.4. The number of esters is 1. The van der Waals surface area contributed by atoms with Crippen LogP contribution < -0.4 is 24.3 Å². The first-order valence-electron chi connectivity index (χ1n) is 13.4. The minimum atomic E-state index is -0.964. The summed E-state index contributed by atoms with van der Waals surface area (Å²) in [4.78, 5) is 42.0. The molecule has 2 aromatic carbocycles. The number of nitrogens with zero attached hydrogens (tertiary/aromatic N) is 1. The lowest BCUT2D eigenvalue weighted by Crippen LogP contribution is -2.52. The number of nitrogens with one attached hydrogen (secondary N) is 1. The highest BCUT2D eigenvalue weighted by atomic mass is 16.7. The first-order valence-corrected chi connectivity index (χ1v) is 13.4. The number of hydrogen-bond donors (Lipinski definition) is 1. The summed E-state index contributed by atoms with van der Waals surface area (Å²) in [5.41, 5.74) is 1.36. The van der Waals surface area contributed by atoms with Gasteiger partial charge in [-0.3, -0.25) is 14.4 Å². The molecule has 2 aromatic rings. The van der Waals surface area contributed by atoms with Gasteiger partial charge in [-0.2, -0.15) is 0 Å². The Morgan fingerprint density at radius 1 is 1.05 bits per heavy atom. The summed E-state index contributed by atoms with van der Waals surface area (Å²) in [6, 6.07) is 10.9. The van der Waals surface area contributed by atoms with Crippen LogP contribution in [0.15, 0.2) is 48.2 Å². The fourth-order valence-electron chi connectivity index (χ4n) is 5.79. The molecule has 0 bridgehead atoms. The number of rotatable bonds is 10. The second-order valence-electron chi connectivity index (χ2n) is 10.1. The second kappa shape index (κ2) is 11.5. The number of hydrogen-bond acceptors (Lipinski definition) is 8. The van der Waals surface area contributed by atoms with Crippen LogP contribution in [0.2, 0.25) is 0 Å².